The maximum atomic E-state index is 14.3. The van der Waals surface area contributed by atoms with Crippen LogP contribution >= 0.6 is 15.9 Å². The third-order valence-corrected chi connectivity index (χ3v) is 5.53. The minimum Gasteiger partial charge on any atom is -0.481 e. The number of halogens is 2. The molecule has 1 fully saturated rings. The molecule has 1 amide bonds. The van der Waals surface area contributed by atoms with Crippen molar-refractivity contribution in [2.75, 3.05) is 13.1 Å². The van der Waals surface area contributed by atoms with Gasteiger partial charge in [-0.3, -0.25) is 4.79 Å². The van der Waals surface area contributed by atoms with Gasteiger partial charge in [0, 0.05) is 17.6 Å². The molecule has 0 spiro atoms. The number of amides is 1. The molecular weight excluding hydrogens is 429 g/mol. The molecule has 148 valence electrons. The van der Waals surface area contributed by atoms with E-state index in [1.54, 1.807) is 12.1 Å². The minimum atomic E-state index is -1.24. The highest BCUT2D eigenvalue weighted by Gasteiger charge is 2.44. The van der Waals surface area contributed by atoms with E-state index in [0.29, 0.717) is 29.4 Å². The van der Waals surface area contributed by atoms with E-state index >= 15 is 0 Å². The number of carbonyl (C=O) groups excluding carboxylic acids is 1. The van der Waals surface area contributed by atoms with Gasteiger partial charge in [-0.1, -0.05) is 52.3 Å². The highest BCUT2D eigenvalue weighted by atomic mass is 79.9. The zero-order valence-corrected chi connectivity index (χ0v) is 16.8. The summed E-state index contributed by atoms with van der Waals surface area (Å²) in [7, 11) is 0. The Morgan fingerprint density at radius 2 is 1.96 bits per heavy atom. The number of benzene rings is 2. The summed E-state index contributed by atoms with van der Waals surface area (Å²) in [5.74, 6) is -1.49. The number of likely N-dealkylation sites (tertiary alicyclic amines) is 1. The zero-order valence-electron chi connectivity index (χ0n) is 15.2. The van der Waals surface area contributed by atoms with Gasteiger partial charge in [-0.2, -0.15) is 0 Å². The molecule has 1 heterocycles. The van der Waals surface area contributed by atoms with Gasteiger partial charge in [-0.25, -0.2) is 9.18 Å². The van der Waals surface area contributed by atoms with Crippen LogP contribution in [0, 0.1) is 11.2 Å². The van der Waals surface area contributed by atoms with Gasteiger partial charge in [-0.05, 0) is 42.5 Å². The van der Waals surface area contributed by atoms with Crippen molar-refractivity contribution in [1.29, 1.82) is 0 Å². The van der Waals surface area contributed by atoms with Gasteiger partial charge in [0.25, 0.3) is 0 Å². The molecule has 5 nitrogen and oxygen atoms in total. The van der Waals surface area contributed by atoms with Crippen LogP contribution < -0.4 is 0 Å². The third kappa shape index (κ3) is 4.70. The second-order valence-electron chi connectivity index (χ2n) is 7.06. The Hall–Kier alpha value is -2.41. The topological polar surface area (TPSA) is 66.8 Å². The van der Waals surface area contributed by atoms with Gasteiger partial charge in [0.2, 0.25) is 0 Å². The Morgan fingerprint density at radius 3 is 2.64 bits per heavy atom. The number of hydrogen-bond acceptors (Lipinski definition) is 3. The van der Waals surface area contributed by atoms with Crippen LogP contribution in [-0.2, 0) is 22.6 Å². The number of hydrogen-bond donors (Lipinski definition) is 1. The highest BCUT2D eigenvalue weighted by Crippen LogP contribution is 2.35. The molecule has 1 atom stereocenters. The SMILES string of the molecule is O=C(OCc1ccccc1)N1CCCC(Cc2ccc(Br)cc2F)(C(=O)O)C1. The van der Waals surface area contributed by atoms with E-state index in [2.05, 4.69) is 15.9 Å². The molecule has 0 saturated carbocycles. The second kappa shape index (κ2) is 8.73. The van der Waals surface area contributed by atoms with Crippen molar-refractivity contribution in [3.63, 3.8) is 0 Å². The molecule has 0 radical (unpaired) electrons. The van der Waals surface area contributed by atoms with Crippen LogP contribution in [0.15, 0.2) is 53.0 Å². The fourth-order valence-electron chi connectivity index (χ4n) is 3.52. The predicted molar refractivity (Wildman–Crippen MR) is 105 cm³/mol. The maximum absolute atomic E-state index is 14.3. The number of ether oxygens (including phenoxy) is 1. The van der Waals surface area contributed by atoms with Crippen LogP contribution in [0.4, 0.5) is 9.18 Å². The molecule has 1 N–H and O–H groups in total. The molecule has 7 heteroatoms. The number of carboxylic acids is 1. The van der Waals surface area contributed by atoms with Crippen LogP contribution in [0.25, 0.3) is 0 Å². The number of nitrogens with zero attached hydrogens (tertiary/aromatic N) is 1. The number of carboxylic acid groups (broad SMARTS) is 1. The molecule has 1 aliphatic rings. The van der Waals surface area contributed by atoms with Crippen LogP contribution in [0.5, 0.6) is 0 Å². The first kappa shape index (κ1) is 20.3. The van der Waals surface area contributed by atoms with Gasteiger partial charge >= 0.3 is 12.1 Å². The van der Waals surface area contributed by atoms with Crippen molar-refractivity contribution in [3.05, 3.63) is 69.9 Å². The van der Waals surface area contributed by atoms with Crippen LogP contribution in [-0.4, -0.2) is 35.2 Å². The molecule has 3 rings (SSSR count). The standard InChI is InChI=1S/C21H21BrFNO4/c22-17-8-7-16(18(23)11-17)12-21(19(25)26)9-4-10-24(14-21)20(27)28-13-15-5-2-1-3-6-15/h1-3,5-8,11H,4,9-10,12-14H2,(H,25,26). The average Bonchev–Trinajstić information content (AvgIpc) is 2.69. The molecule has 1 saturated heterocycles. The molecule has 2 aromatic rings. The Bertz CT molecular complexity index is 861. The fraction of sp³-hybridized carbons (Fsp3) is 0.333. The molecule has 0 aliphatic carbocycles. The van der Waals surface area contributed by atoms with Crippen molar-refractivity contribution in [2.45, 2.75) is 25.9 Å². The smallest absolute Gasteiger partial charge is 0.410 e. The average molecular weight is 450 g/mol. The summed E-state index contributed by atoms with van der Waals surface area (Å²) >= 11 is 3.20. The fourth-order valence-corrected chi connectivity index (χ4v) is 3.86. The van der Waals surface area contributed by atoms with Crippen LogP contribution in [0.2, 0.25) is 0 Å². The lowest BCUT2D eigenvalue weighted by Gasteiger charge is -2.39. The van der Waals surface area contributed by atoms with E-state index < -0.39 is 23.3 Å². The zero-order chi connectivity index (χ0) is 20.1. The van der Waals surface area contributed by atoms with Crippen molar-refractivity contribution < 1.29 is 23.8 Å². The normalized spacial score (nSPS) is 19.3. The number of carbonyl (C=O) groups is 2. The Labute approximate surface area is 171 Å². The van der Waals surface area contributed by atoms with E-state index in [0.717, 1.165) is 5.56 Å². The summed E-state index contributed by atoms with van der Waals surface area (Å²) in [6, 6.07) is 13.9. The minimum absolute atomic E-state index is 0.00847. The first-order valence-corrected chi connectivity index (χ1v) is 9.82. The van der Waals surface area contributed by atoms with Crippen LogP contribution in [0.3, 0.4) is 0 Å². The van der Waals surface area contributed by atoms with E-state index in [1.165, 1.54) is 11.0 Å². The Morgan fingerprint density at radius 1 is 1.21 bits per heavy atom. The second-order valence-corrected chi connectivity index (χ2v) is 7.98. The monoisotopic (exact) mass is 449 g/mol. The number of aliphatic carboxylic acids is 1. The van der Waals surface area contributed by atoms with Gasteiger partial charge in [-0.15, -0.1) is 0 Å². The van der Waals surface area contributed by atoms with Gasteiger partial charge in [0.05, 0.1) is 5.41 Å². The molecule has 0 aromatic heterocycles. The Balaban J connectivity index is 1.72. The summed E-state index contributed by atoms with van der Waals surface area (Å²) < 4.78 is 20.2. The van der Waals surface area contributed by atoms with Gasteiger partial charge in [0.15, 0.2) is 0 Å². The quantitative estimate of drug-likeness (QED) is 0.721. The molecule has 2 aromatic carbocycles. The summed E-state index contributed by atoms with van der Waals surface area (Å²) in [4.78, 5) is 26.0. The summed E-state index contributed by atoms with van der Waals surface area (Å²) in [5.41, 5.74) is -0.0574. The summed E-state index contributed by atoms with van der Waals surface area (Å²) in [6.45, 7) is 0.536. The maximum Gasteiger partial charge on any atom is 0.410 e. The molecule has 28 heavy (non-hydrogen) atoms. The van der Waals surface area contributed by atoms with E-state index in [9.17, 15) is 19.1 Å². The summed E-state index contributed by atoms with van der Waals surface area (Å²) in [6.07, 6.45) is 0.361. The highest BCUT2D eigenvalue weighted by molar-refractivity contribution is 9.10. The van der Waals surface area contributed by atoms with E-state index in [4.69, 9.17) is 4.74 Å². The lowest BCUT2D eigenvalue weighted by Crippen LogP contribution is -2.51. The van der Waals surface area contributed by atoms with Gasteiger partial charge < -0.3 is 14.7 Å². The van der Waals surface area contributed by atoms with E-state index in [1.807, 2.05) is 30.3 Å². The molecule has 1 unspecified atom stereocenters. The lowest BCUT2D eigenvalue weighted by molar-refractivity contribution is -0.152. The number of rotatable bonds is 5. The summed E-state index contributed by atoms with van der Waals surface area (Å²) in [5, 5.41) is 9.89. The third-order valence-electron chi connectivity index (χ3n) is 5.04. The van der Waals surface area contributed by atoms with Crippen molar-refractivity contribution in [2.24, 2.45) is 5.41 Å². The van der Waals surface area contributed by atoms with E-state index in [-0.39, 0.29) is 19.6 Å². The lowest BCUT2D eigenvalue weighted by atomic mass is 9.75. The molecule has 1 aliphatic heterocycles. The first-order valence-electron chi connectivity index (χ1n) is 9.03. The van der Waals surface area contributed by atoms with Crippen molar-refractivity contribution in [3.8, 4) is 0 Å². The molecule has 0 bridgehead atoms. The largest absolute Gasteiger partial charge is 0.481 e. The van der Waals surface area contributed by atoms with Crippen molar-refractivity contribution >= 4 is 28.0 Å². The Kier molecular flexibility index (Phi) is 6.34. The number of piperidine rings is 1. The van der Waals surface area contributed by atoms with Crippen molar-refractivity contribution in [1.82, 2.24) is 4.90 Å². The van der Waals surface area contributed by atoms with Crippen LogP contribution in [0.1, 0.15) is 24.0 Å². The predicted octanol–water partition coefficient (Wildman–Crippen LogP) is 4.63. The first-order chi connectivity index (χ1) is 13.4. The van der Waals surface area contributed by atoms with Gasteiger partial charge in [0.1, 0.15) is 12.4 Å². The molecular formula is C21H21BrFNO4.